The Morgan fingerprint density at radius 3 is 2.33 bits per heavy atom. The first kappa shape index (κ1) is 9.75. The number of rotatable bonds is 2. The molecule has 0 spiro atoms. The summed E-state index contributed by atoms with van der Waals surface area (Å²) in [6.45, 7) is 0. The second kappa shape index (κ2) is 5.33. The Kier molecular flexibility index (Phi) is 4.33. The molecule has 0 saturated heterocycles. The van der Waals surface area contributed by atoms with E-state index in [2.05, 4.69) is 44.0 Å². The average molecular weight is 288 g/mol. The second-order valence-corrected chi connectivity index (χ2v) is 5.00. The normalized spacial score (nSPS) is 10.2. The van der Waals surface area contributed by atoms with E-state index in [1.165, 1.54) is 5.56 Å². The van der Waals surface area contributed by atoms with Gasteiger partial charge in [-0.3, -0.25) is 0 Å². The van der Waals surface area contributed by atoms with Crippen molar-refractivity contribution in [3.8, 4) is 0 Å². The van der Waals surface area contributed by atoms with E-state index in [1.807, 2.05) is 36.4 Å². The molecule has 0 atom stereocenters. The van der Waals surface area contributed by atoms with Crippen LogP contribution >= 0.6 is 31.9 Å². The standard InChI is InChI=1S/C10H8Br2/c11-10(12)8-4-7-9-5-2-1-3-6-9/h1-8H/b7-4+. The fraction of sp³-hybridized carbons (Fsp3) is 0. The van der Waals surface area contributed by atoms with Crippen LogP contribution in [-0.4, -0.2) is 0 Å². The minimum Gasteiger partial charge on any atom is -0.0622 e. The predicted octanol–water partition coefficient (Wildman–Crippen LogP) is 4.33. The van der Waals surface area contributed by atoms with Gasteiger partial charge < -0.3 is 0 Å². The summed E-state index contributed by atoms with van der Waals surface area (Å²) < 4.78 is 0.946. The van der Waals surface area contributed by atoms with Crippen molar-refractivity contribution in [3.63, 3.8) is 0 Å². The molecule has 0 nitrogen and oxygen atoms in total. The van der Waals surface area contributed by atoms with Crippen molar-refractivity contribution in [1.29, 1.82) is 0 Å². The van der Waals surface area contributed by atoms with Gasteiger partial charge in [0.15, 0.2) is 0 Å². The van der Waals surface area contributed by atoms with E-state index in [0.717, 1.165) is 3.39 Å². The van der Waals surface area contributed by atoms with Gasteiger partial charge in [0.1, 0.15) is 0 Å². The first-order chi connectivity index (χ1) is 5.79. The summed E-state index contributed by atoms with van der Waals surface area (Å²) in [7, 11) is 0. The Labute approximate surface area is 89.2 Å². The maximum absolute atomic E-state index is 3.27. The molecule has 62 valence electrons. The van der Waals surface area contributed by atoms with Crippen molar-refractivity contribution >= 4 is 37.9 Å². The van der Waals surface area contributed by atoms with Crippen LogP contribution in [0.1, 0.15) is 5.56 Å². The lowest BCUT2D eigenvalue weighted by atomic mass is 10.2. The molecular weight excluding hydrogens is 280 g/mol. The molecule has 0 heterocycles. The van der Waals surface area contributed by atoms with Crippen molar-refractivity contribution in [2.45, 2.75) is 0 Å². The van der Waals surface area contributed by atoms with Gasteiger partial charge in [-0.05, 0) is 43.5 Å². The van der Waals surface area contributed by atoms with Crippen LogP contribution in [0.5, 0.6) is 0 Å². The number of allylic oxidation sites excluding steroid dienone is 2. The fourth-order valence-corrected chi connectivity index (χ4v) is 1.10. The summed E-state index contributed by atoms with van der Waals surface area (Å²) in [5, 5.41) is 0. The van der Waals surface area contributed by atoms with Crippen LogP contribution in [0.15, 0.2) is 45.9 Å². The summed E-state index contributed by atoms with van der Waals surface area (Å²) >= 11 is 6.55. The molecule has 0 bridgehead atoms. The molecule has 1 aromatic rings. The largest absolute Gasteiger partial charge is 0.0622 e. The third kappa shape index (κ3) is 3.88. The molecule has 0 fully saturated rings. The van der Waals surface area contributed by atoms with Gasteiger partial charge in [-0.2, -0.15) is 0 Å². The van der Waals surface area contributed by atoms with E-state index in [4.69, 9.17) is 0 Å². The Bertz CT molecular complexity index is 282. The molecule has 0 saturated carbocycles. The molecular formula is C10H8Br2. The highest BCUT2D eigenvalue weighted by Gasteiger charge is 1.80. The van der Waals surface area contributed by atoms with Crippen LogP contribution in [0, 0.1) is 0 Å². The third-order valence-corrected chi connectivity index (χ3v) is 1.84. The van der Waals surface area contributed by atoms with E-state index in [-0.39, 0.29) is 0 Å². The SMILES string of the molecule is BrC(Br)=C/C=C/c1ccccc1. The first-order valence-electron chi connectivity index (χ1n) is 3.53. The second-order valence-electron chi connectivity index (χ2n) is 2.23. The van der Waals surface area contributed by atoms with Gasteiger partial charge >= 0.3 is 0 Å². The molecule has 0 aliphatic rings. The molecule has 0 N–H and O–H groups in total. The first-order valence-corrected chi connectivity index (χ1v) is 5.12. The highest BCUT2D eigenvalue weighted by Crippen LogP contribution is 2.13. The summed E-state index contributed by atoms with van der Waals surface area (Å²) in [6.07, 6.45) is 5.96. The number of hydrogen-bond donors (Lipinski definition) is 0. The Morgan fingerprint density at radius 2 is 1.75 bits per heavy atom. The van der Waals surface area contributed by atoms with Crippen molar-refractivity contribution < 1.29 is 0 Å². The lowest BCUT2D eigenvalue weighted by molar-refractivity contribution is 1.66. The molecule has 0 aliphatic carbocycles. The maximum atomic E-state index is 3.27. The van der Waals surface area contributed by atoms with Gasteiger partial charge in [-0.25, -0.2) is 0 Å². The summed E-state index contributed by atoms with van der Waals surface area (Å²) in [6, 6.07) is 10.2. The number of halogens is 2. The smallest absolute Gasteiger partial charge is 0.0604 e. The van der Waals surface area contributed by atoms with Gasteiger partial charge in [-0.15, -0.1) is 0 Å². The van der Waals surface area contributed by atoms with Crippen LogP contribution in [0.25, 0.3) is 6.08 Å². The highest BCUT2D eigenvalue weighted by molar-refractivity contribution is 9.28. The Hall–Kier alpha value is -0.340. The van der Waals surface area contributed by atoms with Crippen molar-refractivity contribution in [3.05, 3.63) is 51.4 Å². The topological polar surface area (TPSA) is 0 Å². The van der Waals surface area contributed by atoms with E-state index in [1.54, 1.807) is 0 Å². The van der Waals surface area contributed by atoms with E-state index in [9.17, 15) is 0 Å². The molecule has 0 unspecified atom stereocenters. The van der Waals surface area contributed by atoms with Gasteiger partial charge in [0, 0.05) is 0 Å². The van der Waals surface area contributed by atoms with Gasteiger partial charge in [0.05, 0.1) is 3.39 Å². The molecule has 0 aromatic heterocycles. The van der Waals surface area contributed by atoms with Crippen LogP contribution in [0.4, 0.5) is 0 Å². The summed E-state index contributed by atoms with van der Waals surface area (Å²) in [5.74, 6) is 0. The van der Waals surface area contributed by atoms with Gasteiger partial charge in [0.2, 0.25) is 0 Å². The predicted molar refractivity (Wildman–Crippen MR) is 61.4 cm³/mol. The lowest BCUT2D eigenvalue weighted by Crippen LogP contribution is -1.66. The molecule has 0 radical (unpaired) electrons. The van der Waals surface area contributed by atoms with E-state index >= 15 is 0 Å². The fourth-order valence-electron chi connectivity index (χ4n) is 0.796. The zero-order valence-electron chi connectivity index (χ0n) is 6.37. The molecule has 2 heteroatoms. The van der Waals surface area contributed by atoms with Gasteiger partial charge in [0.25, 0.3) is 0 Å². The van der Waals surface area contributed by atoms with E-state index in [0.29, 0.717) is 0 Å². The Morgan fingerprint density at radius 1 is 1.08 bits per heavy atom. The molecule has 0 aliphatic heterocycles. The zero-order valence-corrected chi connectivity index (χ0v) is 9.55. The summed E-state index contributed by atoms with van der Waals surface area (Å²) in [5.41, 5.74) is 1.20. The van der Waals surface area contributed by atoms with Crippen LogP contribution in [0.2, 0.25) is 0 Å². The van der Waals surface area contributed by atoms with Crippen LogP contribution in [-0.2, 0) is 0 Å². The third-order valence-electron chi connectivity index (χ3n) is 1.31. The van der Waals surface area contributed by atoms with Crippen LogP contribution < -0.4 is 0 Å². The zero-order chi connectivity index (χ0) is 8.81. The van der Waals surface area contributed by atoms with Crippen molar-refractivity contribution in [1.82, 2.24) is 0 Å². The molecule has 1 aromatic carbocycles. The number of benzene rings is 1. The Balaban J connectivity index is 2.64. The highest BCUT2D eigenvalue weighted by atomic mass is 79.9. The van der Waals surface area contributed by atoms with Crippen molar-refractivity contribution in [2.24, 2.45) is 0 Å². The number of hydrogen-bond acceptors (Lipinski definition) is 0. The maximum Gasteiger partial charge on any atom is 0.0604 e. The lowest BCUT2D eigenvalue weighted by Gasteiger charge is -1.88. The van der Waals surface area contributed by atoms with Gasteiger partial charge in [-0.1, -0.05) is 42.5 Å². The minimum absolute atomic E-state index is 0.946. The summed E-state index contributed by atoms with van der Waals surface area (Å²) in [4.78, 5) is 0. The average Bonchev–Trinajstić information content (AvgIpc) is 2.05. The minimum atomic E-state index is 0.946. The molecule has 1 rings (SSSR count). The van der Waals surface area contributed by atoms with E-state index < -0.39 is 0 Å². The van der Waals surface area contributed by atoms with Crippen LogP contribution in [0.3, 0.4) is 0 Å². The molecule has 0 amide bonds. The monoisotopic (exact) mass is 286 g/mol. The van der Waals surface area contributed by atoms with Crippen molar-refractivity contribution in [2.75, 3.05) is 0 Å². The molecule has 12 heavy (non-hydrogen) atoms. The quantitative estimate of drug-likeness (QED) is 0.710.